The van der Waals surface area contributed by atoms with Crippen molar-refractivity contribution in [1.29, 1.82) is 0 Å². The molecule has 2 aromatic carbocycles. The lowest BCUT2D eigenvalue weighted by Crippen LogP contribution is -2.59. The summed E-state index contributed by atoms with van der Waals surface area (Å²) < 4.78 is 17.2. The summed E-state index contributed by atoms with van der Waals surface area (Å²) in [5, 5.41) is 5.10. The standard InChI is InChI=1S/C21H35N3O6Si3/c1-31(2,3)29-32(4,5)30-33(26,27)16-23-21(25)24-19-10-12-20(13-11-19)28-15-14-17-6-8-18(22)9-7-17/h6-13,26-27H,14-16,22H2,1-5H3,(H2,23,24,25). The van der Waals surface area contributed by atoms with Crippen LogP contribution in [0.2, 0.25) is 32.7 Å². The van der Waals surface area contributed by atoms with Crippen LogP contribution in [0.15, 0.2) is 48.5 Å². The topological polar surface area (TPSA) is 135 Å². The van der Waals surface area contributed by atoms with E-state index in [4.69, 9.17) is 18.7 Å². The number of anilines is 2. The van der Waals surface area contributed by atoms with Crippen molar-refractivity contribution in [2.75, 3.05) is 23.8 Å². The second kappa shape index (κ2) is 11.3. The summed E-state index contributed by atoms with van der Waals surface area (Å²) in [5.74, 6) is 0.677. The SMILES string of the molecule is C[Si](C)(C)O[Si](C)(C)O[Si](O)(O)CNC(=O)Nc1ccc(OCCc2ccc(N)cc2)cc1. The van der Waals surface area contributed by atoms with Gasteiger partial charge in [-0.15, -0.1) is 0 Å². The summed E-state index contributed by atoms with van der Waals surface area (Å²) in [6.07, 6.45) is 0.373. The van der Waals surface area contributed by atoms with Crippen LogP contribution in [-0.2, 0) is 14.7 Å². The lowest BCUT2D eigenvalue weighted by atomic mass is 10.1. The zero-order valence-electron chi connectivity index (χ0n) is 19.8. The fourth-order valence-electron chi connectivity index (χ4n) is 3.16. The molecule has 0 aliphatic rings. The molecule has 0 unspecified atom stereocenters. The first kappa shape index (κ1) is 27.0. The third-order valence-electron chi connectivity index (χ3n) is 4.19. The quantitative estimate of drug-likeness (QED) is 0.232. The first-order valence-corrected chi connectivity index (χ1v) is 18.9. The van der Waals surface area contributed by atoms with Crippen molar-refractivity contribution in [3.63, 3.8) is 0 Å². The molecule has 182 valence electrons. The van der Waals surface area contributed by atoms with Crippen molar-refractivity contribution in [2.24, 2.45) is 0 Å². The van der Waals surface area contributed by atoms with Gasteiger partial charge in [0, 0.05) is 17.8 Å². The highest BCUT2D eigenvalue weighted by Gasteiger charge is 2.43. The summed E-state index contributed by atoms with van der Waals surface area (Å²) in [5.41, 5.74) is 8.08. The Balaban J connectivity index is 1.76. The number of ether oxygens (including phenoxy) is 1. The maximum absolute atomic E-state index is 12.2. The molecule has 2 rings (SSSR count). The van der Waals surface area contributed by atoms with Gasteiger partial charge in [0.05, 0.1) is 12.8 Å². The highest BCUT2D eigenvalue weighted by Crippen LogP contribution is 2.18. The van der Waals surface area contributed by atoms with Crippen LogP contribution in [-0.4, -0.2) is 54.1 Å². The van der Waals surface area contributed by atoms with Gasteiger partial charge < -0.3 is 38.9 Å². The maximum atomic E-state index is 12.2. The van der Waals surface area contributed by atoms with E-state index in [1.165, 1.54) is 0 Å². The van der Waals surface area contributed by atoms with Crippen LogP contribution in [0.4, 0.5) is 16.2 Å². The van der Waals surface area contributed by atoms with Gasteiger partial charge in [-0.2, -0.15) is 0 Å². The molecule has 0 saturated heterocycles. The van der Waals surface area contributed by atoms with Gasteiger partial charge in [-0.25, -0.2) is 4.79 Å². The van der Waals surface area contributed by atoms with E-state index in [9.17, 15) is 14.4 Å². The predicted molar refractivity (Wildman–Crippen MR) is 137 cm³/mol. The third kappa shape index (κ3) is 11.0. The third-order valence-corrected chi connectivity index (χ3v) is 12.5. The van der Waals surface area contributed by atoms with Crippen LogP contribution >= 0.6 is 0 Å². The van der Waals surface area contributed by atoms with Gasteiger partial charge in [-0.1, -0.05) is 12.1 Å². The Morgan fingerprint density at radius 3 is 2.12 bits per heavy atom. The lowest BCUT2D eigenvalue weighted by molar-refractivity contribution is 0.207. The van der Waals surface area contributed by atoms with Crippen molar-refractivity contribution in [3.05, 3.63) is 54.1 Å². The molecule has 2 aromatic rings. The molecule has 12 heteroatoms. The van der Waals surface area contributed by atoms with Crippen LogP contribution in [0.5, 0.6) is 5.75 Å². The molecular formula is C21H35N3O6Si3. The van der Waals surface area contributed by atoms with Gasteiger partial charge in [0.2, 0.25) is 0 Å². The molecule has 0 aromatic heterocycles. The second-order valence-corrected chi connectivity index (χ2v) is 19.6. The number of nitrogens with two attached hydrogens (primary N) is 1. The smallest absolute Gasteiger partial charge is 0.493 e. The fourth-order valence-corrected chi connectivity index (χ4v) is 13.4. The number of hydrogen-bond acceptors (Lipinski definition) is 7. The molecule has 0 atom stereocenters. The molecule has 33 heavy (non-hydrogen) atoms. The highest BCUT2D eigenvalue weighted by molar-refractivity contribution is 6.84. The van der Waals surface area contributed by atoms with Crippen molar-refractivity contribution < 1.29 is 27.4 Å². The second-order valence-electron chi connectivity index (χ2n) is 9.13. The Morgan fingerprint density at radius 2 is 1.55 bits per heavy atom. The molecular weight excluding hydrogens is 475 g/mol. The Labute approximate surface area is 198 Å². The normalized spacial score (nSPS) is 12.3. The van der Waals surface area contributed by atoms with Gasteiger partial charge in [-0.3, -0.25) is 0 Å². The molecule has 0 bridgehead atoms. The van der Waals surface area contributed by atoms with Crippen LogP contribution < -0.4 is 21.1 Å². The van der Waals surface area contributed by atoms with Crippen molar-refractivity contribution in [2.45, 2.75) is 39.2 Å². The molecule has 0 radical (unpaired) electrons. The number of urea groups is 1. The Bertz CT molecular complexity index is 903. The van der Waals surface area contributed by atoms with Crippen LogP contribution in [0, 0.1) is 0 Å². The zero-order chi connectivity index (χ0) is 24.7. The number of benzene rings is 2. The summed E-state index contributed by atoms with van der Waals surface area (Å²) >= 11 is 0. The molecule has 6 N–H and O–H groups in total. The van der Waals surface area contributed by atoms with E-state index in [0.717, 1.165) is 17.7 Å². The average molecular weight is 510 g/mol. The highest BCUT2D eigenvalue weighted by atomic mass is 28.5. The molecule has 0 heterocycles. The van der Waals surface area contributed by atoms with E-state index >= 15 is 0 Å². The van der Waals surface area contributed by atoms with Gasteiger partial charge in [0.25, 0.3) is 0 Å². The van der Waals surface area contributed by atoms with Gasteiger partial charge >= 0.3 is 23.4 Å². The van der Waals surface area contributed by atoms with Gasteiger partial charge in [-0.05, 0) is 74.7 Å². The summed E-state index contributed by atoms with van der Waals surface area (Å²) in [7, 11) is -8.74. The van der Waals surface area contributed by atoms with Crippen molar-refractivity contribution in [3.8, 4) is 5.75 Å². The maximum Gasteiger partial charge on any atom is 0.506 e. The minimum Gasteiger partial charge on any atom is -0.493 e. The Kier molecular flexibility index (Phi) is 9.25. The summed E-state index contributed by atoms with van der Waals surface area (Å²) in [6, 6.07) is 14.0. The molecule has 0 spiro atoms. The number of amides is 2. The molecule has 0 fully saturated rings. The summed E-state index contributed by atoms with van der Waals surface area (Å²) in [6.45, 7) is 10.1. The number of nitrogen functional groups attached to an aromatic ring is 1. The first-order valence-electron chi connectivity index (χ1n) is 10.7. The van der Waals surface area contributed by atoms with Crippen LogP contribution in [0.25, 0.3) is 0 Å². The van der Waals surface area contributed by atoms with E-state index in [0.29, 0.717) is 18.0 Å². The fraction of sp³-hybridized carbons (Fsp3) is 0.381. The van der Waals surface area contributed by atoms with Crippen LogP contribution in [0.1, 0.15) is 5.56 Å². The number of hydrogen-bond donors (Lipinski definition) is 5. The molecule has 0 saturated carbocycles. The number of nitrogens with one attached hydrogen (secondary N) is 2. The largest absolute Gasteiger partial charge is 0.506 e. The molecule has 0 aliphatic carbocycles. The molecule has 0 aliphatic heterocycles. The number of rotatable bonds is 11. The van der Waals surface area contributed by atoms with E-state index in [-0.39, 0.29) is 6.17 Å². The van der Waals surface area contributed by atoms with Crippen LogP contribution in [0.3, 0.4) is 0 Å². The summed E-state index contributed by atoms with van der Waals surface area (Å²) in [4.78, 5) is 32.7. The van der Waals surface area contributed by atoms with E-state index < -0.39 is 31.7 Å². The predicted octanol–water partition coefficient (Wildman–Crippen LogP) is 3.04. The zero-order valence-corrected chi connectivity index (χ0v) is 22.8. The monoisotopic (exact) mass is 509 g/mol. The van der Waals surface area contributed by atoms with E-state index in [1.54, 1.807) is 37.4 Å². The lowest BCUT2D eigenvalue weighted by Gasteiger charge is -2.34. The first-order chi connectivity index (χ1) is 15.2. The van der Waals surface area contributed by atoms with E-state index in [1.807, 2.05) is 43.9 Å². The minimum atomic E-state index is -4.11. The van der Waals surface area contributed by atoms with E-state index in [2.05, 4.69) is 10.6 Å². The number of carbonyl (C=O) groups excluding carboxylic acids is 1. The minimum absolute atomic E-state index is 0.378. The van der Waals surface area contributed by atoms with Gasteiger partial charge in [0.1, 0.15) is 5.75 Å². The van der Waals surface area contributed by atoms with Crippen molar-refractivity contribution in [1.82, 2.24) is 5.32 Å². The Hall–Kier alpha value is -2.20. The van der Waals surface area contributed by atoms with Gasteiger partial charge in [0.15, 0.2) is 8.32 Å². The average Bonchev–Trinajstić information content (AvgIpc) is 2.67. The van der Waals surface area contributed by atoms with Crippen molar-refractivity contribution >= 4 is 43.1 Å². The number of carbonyl (C=O) groups is 1. The Morgan fingerprint density at radius 1 is 0.939 bits per heavy atom. The molecule has 9 nitrogen and oxygen atoms in total. The molecule has 2 amide bonds.